The number of carbonyl (C=O) groups excluding carboxylic acids is 1. The average Bonchev–Trinajstić information content (AvgIpc) is 3.02. The molecule has 0 aliphatic carbocycles. The summed E-state index contributed by atoms with van der Waals surface area (Å²) in [6, 6.07) is 9.92. The lowest BCUT2D eigenvalue weighted by Crippen LogP contribution is -2.17. The summed E-state index contributed by atoms with van der Waals surface area (Å²) in [6.45, 7) is 6.21. The average molecular weight is 338 g/mol. The summed E-state index contributed by atoms with van der Waals surface area (Å²) < 4.78 is 7.80. The van der Waals surface area contributed by atoms with Crippen molar-refractivity contribution < 1.29 is 9.53 Å². The lowest BCUT2D eigenvalue weighted by Gasteiger charge is -2.21. The minimum atomic E-state index is 0.0133. The number of imidazole rings is 1. The molecule has 0 bridgehead atoms. The van der Waals surface area contributed by atoms with Crippen LogP contribution in [0.2, 0.25) is 0 Å². The first-order valence-electron chi connectivity index (χ1n) is 8.40. The Morgan fingerprint density at radius 3 is 2.60 bits per heavy atom. The molecule has 0 fully saturated rings. The number of rotatable bonds is 7. The summed E-state index contributed by atoms with van der Waals surface area (Å²) >= 11 is 0. The fraction of sp³-hybridized carbons (Fsp3) is 0.368. The molecule has 0 spiro atoms. The van der Waals surface area contributed by atoms with E-state index in [0.29, 0.717) is 30.1 Å². The molecule has 0 aliphatic heterocycles. The summed E-state index contributed by atoms with van der Waals surface area (Å²) in [7, 11) is 0. The Hall–Kier alpha value is -2.76. The maximum atomic E-state index is 11.6. The van der Waals surface area contributed by atoms with Gasteiger partial charge in [0.2, 0.25) is 5.88 Å². The van der Waals surface area contributed by atoms with Crippen molar-refractivity contribution in [2.24, 2.45) is 5.92 Å². The van der Waals surface area contributed by atoms with Gasteiger partial charge in [-0.3, -0.25) is 4.79 Å². The summed E-state index contributed by atoms with van der Waals surface area (Å²) in [6.07, 6.45) is 3.65. The van der Waals surface area contributed by atoms with Crippen LogP contribution in [0.5, 0.6) is 5.88 Å². The Balaban J connectivity index is 1.90. The molecule has 1 aromatic carbocycles. The van der Waals surface area contributed by atoms with Gasteiger partial charge in [0.1, 0.15) is 18.7 Å². The molecule has 6 heteroatoms. The molecule has 0 saturated heterocycles. The predicted octanol–water partition coefficient (Wildman–Crippen LogP) is 3.58. The minimum Gasteiger partial charge on any atom is -0.471 e. The molecule has 3 aromatic rings. The van der Waals surface area contributed by atoms with Crippen molar-refractivity contribution >= 4 is 16.9 Å². The van der Waals surface area contributed by atoms with Crippen molar-refractivity contribution in [1.29, 1.82) is 0 Å². The molecule has 1 atom stereocenters. The van der Waals surface area contributed by atoms with Crippen LogP contribution in [0.25, 0.3) is 11.2 Å². The highest BCUT2D eigenvalue weighted by Crippen LogP contribution is 2.28. The Morgan fingerprint density at radius 1 is 1.16 bits per heavy atom. The van der Waals surface area contributed by atoms with E-state index in [-0.39, 0.29) is 17.7 Å². The molecule has 0 saturated carbocycles. The highest BCUT2D eigenvalue weighted by Gasteiger charge is 2.22. The molecule has 3 rings (SSSR count). The topological polar surface area (TPSA) is 69.9 Å². The number of aromatic nitrogens is 4. The molecule has 6 nitrogen and oxygen atoms in total. The number of hydrogen-bond donors (Lipinski definition) is 0. The van der Waals surface area contributed by atoms with Gasteiger partial charge in [-0.15, -0.1) is 0 Å². The Morgan fingerprint density at radius 2 is 1.92 bits per heavy atom. The third-order valence-electron chi connectivity index (χ3n) is 4.17. The van der Waals surface area contributed by atoms with Crippen LogP contribution in [0.3, 0.4) is 0 Å². The van der Waals surface area contributed by atoms with Gasteiger partial charge in [-0.2, -0.15) is 4.98 Å². The van der Waals surface area contributed by atoms with E-state index in [2.05, 4.69) is 28.8 Å². The molecule has 1 unspecified atom stereocenters. The lowest BCUT2D eigenvalue weighted by atomic mass is 9.99. The molecule has 130 valence electrons. The number of nitrogens with zero attached hydrogens (tertiary/aromatic N) is 4. The predicted molar refractivity (Wildman–Crippen MR) is 95.3 cm³/mol. The van der Waals surface area contributed by atoms with Gasteiger partial charge in [0.15, 0.2) is 11.2 Å². The van der Waals surface area contributed by atoms with Crippen LogP contribution >= 0.6 is 0 Å². The van der Waals surface area contributed by atoms with Gasteiger partial charge in [-0.05, 0) is 18.4 Å². The van der Waals surface area contributed by atoms with E-state index in [0.717, 1.165) is 5.56 Å². The van der Waals surface area contributed by atoms with E-state index in [4.69, 9.17) is 4.74 Å². The van der Waals surface area contributed by atoms with Gasteiger partial charge in [-0.1, -0.05) is 44.2 Å². The second-order valence-electron chi connectivity index (χ2n) is 6.49. The van der Waals surface area contributed by atoms with E-state index in [1.165, 1.54) is 6.33 Å². The van der Waals surface area contributed by atoms with Crippen LogP contribution in [0, 0.1) is 5.92 Å². The first-order valence-corrected chi connectivity index (χ1v) is 8.40. The molecule has 0 radical (unpaired) electrons. The molecule has 25 heavy (non-hydrogen) atoms. The molecular formula is C19H22N4O2. The van der Waals surface area contributed by atoms with Crippen molar-refractivity contribution in [3.8, 4) is 5.88 Å². The van der Waals surface area contributed by atoms with Crippen LogP contribution in [0.15, 0.2) is 43.0 Å². The Bertz CT molecular complexity index is 858. The second-order valence-corrected chi connectivity index (χ2v) is 6.49. The van der Waals surface area contributed by atoms with Crippen LogP contribution in [-0.4, -0.2) is 25.3 Å². The van der Waals surface area contributed by atoms with Crippen LogP contribution in [-0.2, 0) is 11.4 Å². The van der Waals surface area contributed by atoms with E-state index >= 15 is 0 Å². The first kappa shape index (κ1) is 17.1. The van der Waals surface area contributed by atoms with Gasteiger partial charge in [-0.25, -0.2) is 9.97 Å². The Kier molecular flexibility index (Phi) is 5.07. The van der Waals surface area contributed by atoms with Crippen molar-refractivity contribution in [1.82, 2.24) is 19.5 Å². The molecule has 2 aromatic heterocycles. The van der Waals surface area contributed by atoms with E-state index in [1.807, 2.05) is 34.9 Å². The largest absolute Gasteiger partial charge is 0.471 e. The zero-order chi connectivity index (χ0) is 17.8. The summed E-state index contributed by atoms with van der Waals surface area (Å²) in [5, 5.41) is 0. The van der Waals surface area contributed by atoms with Crippen molar-refractivity contribution in [2.45, 2.75) is 39.8 Å². The molecule has 0 N–H and O–H groups in total. The van der Waals surface area contributed by atoms with Crippen LogP contribution in [0.1, 0.15) is 38.8 Å². The first-order chi connectivity index (χ1) is 12.1. The van der Waals surface area contributed by atoms with E-state index in [1.54, 1.807) is 13.3 Å². The van der Waals surface area contributed by atoms with E-state index < -0.39 is 0 Å². The number of Topliss-reactive ketones (excluding diaryl/α,β-unsaturated/α-hetero) is 1. The number of ether oxygens (including phenoxy) is 1. The standard InChI is InChI=1S/C19H22N4O2/c1-13(2)16(9-14(3)24)23-12-22-17-18(23)20-11-21-19(17)25-10-15-7-5-4-6-8-15/h4-8,11-13,16H,9-10H2,1-3H3. The number of hydrogen-bond acceptors (Lipinski definition) is 5. The summed E-state index contributed by atoms with van der Waals surface area (Å²) in [5.74, 6) is 0.887. The van der Waals surface area contributed by atoms with E-state index in [9.17, 15) is 4.79 Å². The monoisotopic (exact) mass is 338 g/mol. The SMILES string of the molecule is CC(=O)CC(C(C)C)n1cnc2c(OCc3ccccc3)ncnc21. The van der Waals surface area contributed by atoms with Crippen molar-refractivity contribution in [2.75, 3.05) is 0 Å². The highest BCUT2D eigenvalue weighted by atomic mass is 16.5. The van der Waals surface area contributed by atoms with Gasteiger partial charge >= 0.3 is 0 Å². The van der Waals surface area contributed by atoms with Gasteiger partial charge in [0, 0.05) is 12.5 Å². The Labute approximate surface area is 146 Å². The van der Waals surface area contributed by atoms with Crippen LogP contribution in [0.4, 0.5) is 0 Å². The number of ketones is 1. The smallest absolute Gasteiger partial charge is 0.245 e. The maximum Gasteiger partial charge on any atom is 0.245 e. The molecular weight excluding hydrogens is 316 g/mol. The highest BCUT2D eigenvalue weighted by molar-refractivity contribution is 5.78. The van der Waals surface area contributed by atoms with Gasteiger partial charge in [0.25, 0.3) is 0 Å². The van der Waals surface area contributed by atoms with Crippen molar-refractivity contribution in [3.63, 3.8) is 0 Å². The third-order valence-corrected chi connectivity index (χ3v) is 4.17. The zero-order valence-corrected chi connectivity index (χ0v) is 14.7. The van der Waals surface area contributed by atoms with Crippen molar-refractivity contribution in [3.05, 3.63) is 48.5 Å². The normalized spacial score (nSPS) is 12.5. The molecule has 0 aliphatic rings. The number of fused-ring (bicyclic) bond motifs is 1. The zero-order valence-electron chi connectivity index (χ0n) is 14.7. The molecule has 2 heterocycles. The van der Waals surface area contributed by atoms with Gasteiger partial charge in [0.05, 0.1) is 6.33 Å². The summed E-state index contributed by atoms with van der Waals surface area (Å²) in [5.41, 5.74) is 2.37. The van der Waals surface area contributed by atoms with Gasteiger partial charge < -0.3 is 9.30 Å². The number of carbonyl (C=O) groups is 1. The summed E-state index contributed by atoms with van der Waals surface area (Å²) in [4.78, 5) is 24.7. The fourth-order valence-electron chi connectivity index (χ4n) is 2.85. The van der Waals surface area contributed by atoms with Crippen LogP contribution < -0.4 is 4.74 Å². The number of benzene rings is 1. The maximum absolute atomic E-state index is 11.6. The quantitative estimate of drug-likeness (QED) is 0.658. The second kappa shape index (κ2) is 7.42. The fourth-order valence-corrected chi connectivity index (χ4v) is 2.85. The lowest BCUT2D eigenvalue weighted by molar-refractivity contribution is -0.118. The minimum absolute atomic E-state index is 0.0133. The third kappa shape index (κ3) is 3.84. The molecule has 0 amide bonds.